The second-order valence-corrected chi connectivity index (χ2v) is 5.44. The fourth-order valence-electron chi connectivity index (χ4n) is 2.98. The summed E-state index contributed by atoms with van der Waals surface area (Å²) in [5, 5.41) is 11.9. The first kappa shape index (κ1) is 11.6. The summed E-state index contributed by atoms with van der Waals surface area (Å²) in [5.74, 6) is 0.957. The van der Waals surface area contributed by atoms with Crippen LogP contribution in [0.2, 0.25) is 0 Å². The van der Waals surface area contributed by atoms with E-state index < -0.39 is 0 Å². The fourth-order valence-corrected chi connectivity index (χ4v) is 2.98. The molecule has 1 heterocycles. The topological polar surface area (TPSA) is 40.7 Å². The van der Waals surface area contributed by atoms with Gasteiger partial charge in [0.05, 0.1) is 11.7 Å². The van der Waals surface area contributed by atoms with Gasteiger partial charge in [0.15, 0.2) is 0 Å². The van der Waals surface area contributed by atoms with Crippen LogP contribution < -0.4 is 5.32 Å². The van der Waals surface area contributed by atoms with Crippen LogP contribution >= 0.6 is 0 Å². The highest BCUT2D eigenvalue weighted by Crippen LogP contribution is 2.29. The highest BCUT2D eigenvalue weighted by Gasteiger charge is 2.19. The van der Waals surface area contributed by atoms with Crippen molar-refractivity contribution in [2.45, 2.75) is 45.1 Å². The van der Waals surface area contributed by atoms with E-state index in [0.717, 1.165) is 11.4 Å². The molecule has 18 heavy (non-hydrogen) atoms. The lowest BCUT2D eigenvalue weighted by molar-refractivity contribution is 0.330. The van der Waals surface area contributed by atoms with Gasteiger partial charge in [0, 0.05) is 17.1 Å². The van der Waals surface area contributed by atoms with E-state index in [0.29, 0.717) is 6.04 Å². The standard InChI is InChI=1S/C15H21N3/c1-2-11-3-6-13(7-4-11)17-14-8-5-12-10-16-18-15(12)9-14/h5,8-11,13,17H,2-4,6-7H2,1H3,(H,16,18). The van der Waals surface area contributed by atoms with E-state index in [1.807, 2.05) is 6.20 Å². The highest BCUT2D eigenvalue weighted by atomic mass is 15.1. The number of rotatable bonds is 3. The van der Waals surface area contributed by atoms with Gasteiger partial charge in [0.1, 0.15) is 0 Å². The summed E-state index contributed by atoms with van der Waals surface area (Å²) in [4.78, 5) is 0. The van der Waals surface area contributed by atoms with Crippen LogP contribution in [0.4, 0.5) is 5.69 Å². The van der Waals surface area contributed by atoms with Crippen LogP contribution in [0.1, 0.15) is 39.0 Å². The van der Waals surface area contributed by atoms with Gasteiger partial charge in [-0.2, -0.15) is 5.10 Å². The lowest BCUT2D eigenvalue weighted by atomic mass is 9.84. The van der Waals surface area contributed by atoms with Crippen LogP contribution in [0.25, 0.3) is 10.9 Å². The molecule has 3 rings (SSSR count). The van der Waals surface area contributed by atoms with Gasteiger partial charge < -0.3 is 5.32 Å². The smallest absolute Gasteiger partial charge is 0.0670 e. The number of nitrogens with one attached hydrogen (secondary N) is 2. The van der Waals surface area contributed by atoms with E-state index in [2.05, 4.69) is 40.6 Å². The lowest BCUT2D eigenvalue weighted by Crippen LogP contribution is -2.25. The number of benzene rings is 1. The first-order valence-electron chi connectivity index (χ1n) is 7.05. The van der Waals surface area contributed by atoms with Crippen molar-refractivity contribution in [3.63, 3.8) is 0 Å². The van der Waals surface area contributed by atoms with Gasteiger partial charge in [-0.1, -0.05) is 13.3 Å². The van der Waals surface area contributed by atoms with Crippen molar-refractivity contribution in [1.29, 1.82) is 0 Å². The molecule has 3 nitrogen and oxygen atoms in total. The predicted molar refractivity (Wildman–Crippen MR) is 75.8 cm³/mol. The zero-order valence-electron chi connectivity index (χ0n) is 10.9. The van der Waals surface area contributed by atoms with Gasteiger partial charge >= 0.3 is 0 Å². The Bertz CT molecular complexity index is 509. The zero-order valence-corrected chi connectivity index (χ0v) is 10.9. The number of anilines is 1. The summed E-state index contributed by atoms with van der Waals surface area (Å²) >= 11 is 0. The van der Waals surface area contributed by atoms with Gasteiger partial charge in [-0.3, -0.25) is 5.10 Å². The van der Waals surface area contributed by atoms with Crippen LogP contribution in [-0.2, 0) is 0 Å². The average molecular weight is 243 g/mol. The minimum absolute atomic E-state index is 0.646. The Kier molecular flexibility index (Phi) is 3.22. The molecule has 2 aromatic rings. The van der Waals surface area contributed by atoms with E-state index in [9.17, 15) is 0 Å². The van der Waals surface area contributed by atoms with Crippen molar-refractivity contribution in [3.8, 4) is 0 Å². The molecule has 3 heteroatoms. The summed E-state index contributed by atoms with van der Waals surface area (Å²) in [6.45, 7) is 2.31. The predicted octanol–water partition coefficient (Wildman–Crippen LogP) is 3.94. The molecule has 1 aromatic heterocycles. The largest absolute Gasteiger partial charge is 0.382 e. The van der Waals surface area contributed by atoms with Crippen molar-refractivity contribution in [2.75, 3.05) is 5.32 Å². The van der Waals surface area contributed by atoms with E-state index in [4.69, 9.17) is 0 Å². The zero-order chi connectivity index (χ0) is 12.4. The first-order chi connectivity index (χ1) is 8.85. The molecule has 1 aliphatic carbocycles. The quantitative estimate of drug-likeness (QED) is 0.857. The van der Waals surface area contributed by atoms with Crippen molar-refractivity contribution in [1.82, 2.24) is 10.2 Å². The molecule has 0 amide bonds. The normalized spacial score (nSPS) is 24.3. The average Bonchev–Trinajstić information content (AvgIpc) is 2.87. The third-order valence-corrected chi connectivity index (χ3v) is 4.24. The number of aromatic nitrogens is 2. The number of hydrogen-bond donors (Lipinski definition) is 2. The molecular weight excluding hydrogens is 222 g/mol. The van der Waals surface area contributed by atoms with Crippen LogP contribution in [-0.4, -0.2) is 16.2 Å². The SMILES string of the molecule is CCC1CCC(Nc2ccc3cn[nH]c3c2)CC1. The van der Waals surface area contributed by atoms with Crippen molar-refractivity contribution >= 4 is 16.6 Å². The van der Waals surface area contributed by atoms with Gasteiger partial charge in [-0.25, -0.2) is 0 Å². The molecule has 0 aliphatic heterocycles. The molecule has 1 saturated carbocycles. The molecule has 1 aromatic carbocycles. The van der Waals surface area contributed by atoms with Crippen molar-refractivity contribution < 1.29 is 0 Å². The monoisotopic (exact) mass is 243 g/mol. The second kappa shape index (κ2) is 5.01. The molecule has 0 bridgehead atoms. The maximum absolute atomic E-state index is 4.06. The van der Waals surface area contributed by atoms with Crippen LogP contribution in [0.3, 0.4) is 0 Å². The lowest BCUT2D eigenvalue weighted by Gasteiger charge is -2.29. The van der Waals surface area contributed by atoms with E-state index >= 15 is 0 Å². The summed E-state index contributed by atoms with van der Waals surface area (Å²) < 4.78 is 0. The molecule has 0 atom stereocenters. The molecule has 96 valence electrons. The molecular formula is C15H21N3. The third kappa shape index (κ3) is 2.35. The maximum atomic E-state index is 4.06. The maximum Gasteiger partial charge on any atom is 0.0670 e. The van der Waals surface area contributed by atoms with E-state index in [1.165, 1.54) is 43.2 Å². The molecule has 1 fully saturated rings. The van der Waals surface area contributed by atoms with Gasteiger partial charge in [0.25, 0.3) is 0 Å². The highest BCUT2D eigenvalue weighted by molar-refractivity contribution is 5.81. The van der Waals surface area contributed by atoms with Crippen LogP contribution in [0.5, 0.6) is 0 Å². The molecule has 0 unspecified atom stereocenters. The molecule has 0 radical (unpaired) electrons. The Hall–Kier alpha value is -1.51. The molecule has 2 N–H and O–H groups in total. The Morgan fingerprint density at radius 1 is 1.28 bits per heavy atom. The van der Waals surface area contributed by atoms with E-state index in [-0.39, 0.29) is 0 Å². The summed E-state index contributed by atoms with van der Waals surface area (Å²) in [7, 11) is 0. The third-order valence-electron chi connectivity index (χ3n) is 4.24. The Morgan fingerprint density at radius 3 is 2.89 bits per heavy atom. The number of aromatic amines is 1. The number of fused-ring (bicyclic) bond motifs is 1. The first-order valence-corrected chi connectivity index (χ1v) is 7.05. The van der Waals surface area contributed by atoms with Crippen LogP contribution in [0.15, 0.2) is 24.4 Å². The molecule has 0 spiro atoms. The summed E-state index contributed by atoms with van der Waals surface area (Å²) in [5.41, 5.74) is 2.33. The Labute approximate surface area is 108 Å². The Morgan fingerprint density at radius 2 is 2.11 bits per heavy atom. The van der Waals surface area contributed by atoms with Gasteiger partial charge in [-0.05, 0) is 49.8 Å². The van der Waals surface area contributed by atoms with Crippen LogP contribution in [0, 0.1) is 5.92 Å². The van der Waals surface area contributed by atoms with Crippen molar-refractivity contribution in [2.24, 2.45) is 5.92 Å². The minimum atomic E-state index is 0.646. The number of nitrogens with zero attached hydrogens (tertiary/aromatic N) is 1. The minimum Gasteiger partial charge on any atom is -0.382 e. The summed E-state index contributed by atoms with van der Waals surface area (Å²) in [6.07, 6.45) is 8.57. The fraction of sp³-hybridized carbons (Fsp3) is 0.533. The Balaban J connectivity index is 1.65. The second-order valence-electron chi connectivity index (χ2n) is 5.44. The van der Waals surface area contributed by atoms with Gasteiger partial charge in [0.2, 0.25) is 0 Å². The van der Waals surface area contributed by atoms with E-state index in [1.54, 1.807) is 0 Å². The number of H-pyrrole nitrogens is 1. The van der Waals surface area contributed by atoms with Gasteiger partial charge in [-0.15, -0.1) is 0 Å². The summed E-state index contributed by atoms with van der Waals surface area (Å²) in [6, 6.07) is 7.09. The molecule has 0 saturated heterocycles. The molecule has 1 aliphatic rings. The number of hydrogen-bond acceptors (Lipinski definition) is 2. The van der Waals surface area contributed by atoms with Crippen molar-refractivity contribution in [3.05, 3.63) is 24.4 Å².